The first kappa shape index (κ1) is 15.2. The lowest BCUT2D eigenvalue weighted by atomic mass is 10.0. The fourth-order valence-corrected chi connectivity index (χ4v) is 3.36. The highest BCUT2D eigenvalue weighted by Gasteiger charge is 2.33. The molecular formula is C15H23N3OS. The van der Waals surface area contributed by atoms with Crippen molar-refractivity contribution in [3.05, 3.63) is 22.9 Å². The lowest BCUT2D eigenvalue weighted by Gasteiger charge is -2.31. The van der Waals surface area contributed by atoms with Gasteiger partial charge in [-0.25, -0.2) is 4.98 Å². The van der Waals surface area contributed by atoms with Gasteiger partial charge in [0, 0.05) is 19.3 Å². The van der Waals surface area contributed by atoms with Crippen molar-refractivity contribution in [1.29, 1.82) is 0 Å². The van der Waals surface area contributed by atoms with Crippen molar-refractivity contribution in [2.24, 2.45) is 5.73 Å². The summed E-state index contributed by atoms with van der Waals surface area (Å²) in [5, 5.41) is 10.6. The Kier molecular flexibility index (Phi) is 4.30. The number of pyridine rings is 1. The number of anilines is 1. The Hall–Kier alpha value is -1.20. The number of hydrogen-bond acceptors (Lipinski definition) is 4. The zero-order valence-corrected chi connectivity index (χ0v) is 13.3. The fraction of sp³-hybridized carbons (Fsp3) is 0.600. The summed E-state index contributed by atoms with van der Waals surface area (Å²) in [5.41, 5.74) is 8.02. The lowest BCUT2D eigenvalue weighted by Crippen LogP contribution is -2.40. The first-order valence-corrected chi connectivity index (χ1v) is 7.45. The number of aliphatic hydroxyl groups is 1. The zero-order chi connectivity index (χ0) is 14.9. The van der Waals surface area contributed by atoms with Crippen LogP contribution in [0.5, 0.6) is 0 Å². The third-order valence-electron chi connectivity index (χ3n) is 4.00. The van der Waals surface area contributed by atoms with Gasteiger partial charge in [-0.3, -0.25) is 0 Å². The van der Waals surface area contributed by atoms with E-state index in [0.717, 1.165) is 48.3 Å². The molecule has 0 aromatic carbocycles. The number of nitrogens with zero attached hydrogens (tertiary/aromatic N) is 2. The maximum atomic E-state index is 10.6. The minimum absolute atomic E-state index is 0.357. The van der Waals surface area contributed by atoms with E-state index in [1.54, 1.807) is 0 Å². The van der Waals surface area contributed by atoms with E-state index in [1.165, 1.54) is 0 Å². The molecule has 0 radical (unpaired) electrons. The second-order valence-corrected chi connectivity index (χ2v) is 6.37. The second-order valence-electron chi connectivity index (χ2n) is 5.93. The first-order chi connectivity index (χ1) is 9.32. The van der Waals surface area contributed by atoms with Crippen LogP contribution >= 0.6 is 12.2 Å². The van der Waals surface area contributed by atoms with E-state index in [4.69, 9.17) is 18.0 Å². The molecule has 3 N–H and O–H groups in total. The SMILES string of the molecule is Cc1cc(C)c(C(N)=S)c(N(C)CC2(O)CCCC2)n1. The van der Waals surface area contributed by atoms with Gasteiger partial charge in [-0.05, 0) is 38.3 Å². The molecule has 1 heterocycles. The summed E-state index contributed by atoms with van der Waals surface area (Å²) in [5.74, 6) is 0.773. The number of aryl methyl sites for hydroxylation is 2. The zero-order valence-electron chi connectivity index (χ0n) is 12.4. The predicted octanol–water partition coefficient (Wildman–Crippen LogP) is 2.07. The summed E-state index contributed by atoms with van der Waals surface area (Å²) >= 11 is 5.16. The molecule has 1 saturated carbocycles. The molecule has 2 rings (SSSR count). The van der Waals surface area contributed by atoms with Gasteiger partial charge in [-0.1, -0.05) is 25.1 Å². The van der Waals surface area contributed by atoms with Crippen LogP contribution in [-0.4, -0.2) is 34.3 Å². The molecule has 4 nitrogen and oxygen atoms in total. The van der Waals surface area contributed by atoms with Gasteiger partial charge in [-0.15, -0.1) is 0 Å². The molecule has 0 bridgehead atoms. The van der Waals surface area contributed by atoms with Crippen molar-refractivity contribution >= 4 is 23.0 Å². The van der Waals surface area contributed by atoms with Crippen molar-refractivity contribution < 1.29 is 5.11 Å². The monoisotopic (exact) mass is 293 g/mol. The van der Waals surface area contributed by atoms with Gasteiger partial charge in [-0.2, -0.15) is 0 Å². The summed E-state index contributed by atoms with van der Waals surface area (Å²) in [6.07, 6.45) is 3.88. The van der Waals surface area contributed by atoms with E-state index < -0.39 is 5.60 Å². The van der Waals surface area contributed by atoms with Crippen molar-refractivity contribution in [2.75, 3.05) is 18.5 Å². The van der Waals surface area contributed by atoms with Gasteiger partial charge >= 0.3 is 0 Å². The van der Waals surface area contributed by atoms with Gasteiger partial charge in [0.15, 0.2) is 0 Å². The van der Waals surface area contributed by atoms with E-state index in [-0.39, 0.29) is 0 Å². The topological polar surface area (TPSA) is 62.4 Å². The highest BCUT2D eigenvalue weighted by Crippen LogP contribution is 2.32. The second kappa shape index (κ2) is 5.66. The molecule has 1 aliphatic carbocycles. The van der Waals surface area contributed by atoms with E-state index in [1.807, 2.05) is 31.9 Å². The Balaban J connectivity index is 2.33. The van der Waals surface area contributed by atoms with Crippen LogP contribution in [0, 0.1) is 13.8 Å². The average molecular weight is 293 g/mol. The maximum absolute atomic E-state index is 10.6. The van der Waals surface area contributed by atoms with Crippen molar-refractivity contribution in [3.8, 4) is 0 Å². The van der Waals surface area contributed by atoms with Crippen molar-refractivity contribution in [1.82, 2.24) is 4.98 Å². The van der Waals surface area contributed by atoms with E-state index >= 15 is 0 Å². The van der Waals surface area contributed by atoms with Gasteiger partial charge in [0.2, 0.25) is 0 Å². The number of likely N-dealkylation sites (N-methyl/N-ethyl adjacent to an activating group) is 1. The Bertz CT molecular complexity index is 524. The number of thiocarbonyl (C=S) groups is 1. The van der Waals surface area contributed by atoms with E-state index in [0.29, 0.717) is 11.5 Å². The summed E-state index contributed by atoms with van der Waals surface area (Å²) < 4.78 is 0. The Morgan fingerprint density at radius 2 is 2.05 bits per heavy atom. The molecule has 1 fully saturated rings. The number of rotatable bonds is 4. The van der Waals surface area contributed by atoms with Crippen LogP contribution in [0.15, 0.2) is 6.07 Å². The normalized spacial score (nSPS) is 17.2. The van der Waals surface area contributed by atoms with Gasteiger partial charge < -0.3 is 15.7 Å². The standard InChI is InChI=1S/C15H23N3OS/c1-10-8-11(2)17-14(12(10)13(16)20)18(3)9-15(19)6-4-5-7-15/h8,19H,4-7,9H2,1-3H3,(H2,16,20). The average Bonchev–Trinajstić information content (AvgIpc) is 2.73. The highest BCUT2D eigenvalue weighted by atomic mass is 32.1. The van der Waals surface area contributed by atoms with Crippen LogP contribution in [0.2, 0.25) is 0 Å². The first-order valence-electron chi connectivity index (χ1n) is 7.04. The van der Waals surface area contributed by atoms with Gasteiger partial charge in [0.05, 0.1) is 11.2 Å². The largest absolute Gasteiger partial charge is 0.389 e. The molecule has 0 saturated heterocycles. The smallest absolute Gasteiger partial charge is 0.139 e. The maximum Gasteiger partial charge on any atom is 0.139 e. The Labute approximate surface area is 126 Å². The molecule has 1 aromatic rings. The quantitative estimate of drug-likeness (QED) is 0.832. The lowest BCUT2D eigenvalue weighted by molar-refractivity contribution is 0.0558. The molecule has 0 aliphatic heterocycles. The van der Waals surface area contributed by atoms with Crippen LogP contribution in [0.1, 0.15) is 42.5 Å². The molecule has 0 spiro atoms. The minimum atomic E-state index is -0.610. The molecule has 1 aromatic heterocycles. The molecule has 110 valence electrons. The van der Waals surface area contributed by atoms with Crippen molar-refractivity contribution in [2.45, 2.75) is 45.1 Å². The molecule has 1 aliphatic rings. The van der Waals surface area contributed by atoms with Crippen LogP contribution in [0.3, 0.4) is 0 Å². The summed E-state index contributed by atoms with van der Waals surface area (Å²) in [7, 11) is 1.94. The number of aromatic nitrogens is 1. The van der Waals surface area contributed by atoms with Crippen LogP contribution in [0.25, 0.3) is 0 Å². The number of nitrogens with two attached hydrogens (primary N) is 1. The Morgan fingerprint density at radius 3 is 2.60 bits per heavy atom. The number of hydrogen-bond donors (Lipinski definition) is 2. The Morgan fingerprint density at radius 1 is 1.45 bits per heavy atom. The van der Waals surface area contributed by atoms with Crippen LogP contribution in [-0.2, 0) is 0 Å². The van der Waals surface area contributed by atoms with Gasteiger partial charge in [0.1, 0.15) is 10.8 Å². The van der Waals surface area contributed by atoms with E-state index in [9.17, 15) is 5.11 Å². The molecule has 0 amide bonds. The highest BCUT2D eigenvalue weighted by molar-refractivity contribution is 7.80. The summed E-state index contributed by atoms with van der Waals surface area (Å²) in [4.78, 5) is 6.92. The molecular weight excluding hydrogens is 270 g/mol. The van der Waals surface area contributed by atoms with Crippen molar-refractivity contribution in [3.63, 3.8) is 0 Å². The molecule has 0 atom stereocenters. The predicted molar refractivity (Wildman–Crippen MR) is 86.3 cm³/mol. The molecule has 20 heavy (non-hydrogen) atoms. The third-order valence-corrected chi connectivity index (χ3v) is 4.20. The third kappa shape index (κ3) is 3.10. The minimum Gasteiger partial charge on any atom is -0.389 e. The van der Waals surface area contributed by atoms with Gasteiger partial charge in [0.25, 0.3) is 0 Å². The summed E-state index contributed by atoms with van der Waals surface area (Å²) in [6, 6.07) is 1.98. The van der Waals surface area contributed by atoms with E-state index in [2.05, 4.69) is 4.98 Å². The summed E-state index contributed by atoms with van der Waals surface area (Å²) in [6.45, 7) is 4.52. The fourth-order valence-electron chi connectivity index (χ4n) is 3.11. The van der Waals surface area contributed by atoms with Crippen LogP contribution < -0.4 is 10.6 Å². The van der Waals surface area contributed by atoms with Crippen LogP contribution in [0.4, 0.5) is 5.82 Å². The molecule has 0 unspecified atom stereocenters. The molecule has 5 heteroatoms.